The monoisotopic (exact) mass is 228 g/mol. The van der Waals surface area contributed by atoms with Crippen LogP contribution in [-0.2, 0) is 0 Å². The van der Waals surface area contributed by atoms with Crippen LogP contribution in [0.3, 0.4) is 0 Å². The molecule has 0 radical (unpaired) electrons. The number of nitrogens with zero attached hydrogens (tertiary/aromatic N) is 2. The molecule has 3 heteroatoms. The van der Waals surface area contributed by atoms with Crippen molar-refractivity contribution in [3.8, 4) is 11.4 Å². The van der Waals surface area contributed by atoms with Gasteiger partial charge in [0.1, 0.15) is 5.82 Å². The molecule has 0 aliphatic heterocycles. The number of rotatable bonds is 2. The second-order valence-electron chi connectivity index (χ2n) is 4.39. The number of aromatic nitrogens is 2. The van der Waals surface area contributed by atoms with Gasteiger partial charge in [-0.2, -0.15) is 0 Å². The molecule has 0 spiro atoms. The van der Waals surface area contributed by atoms with Crippen molar-refractivity contribution in [2.45, 2.75) is 26.8 Å². The molecule has 2 rings (SSSR count). The van der Waals surface area contributed by atoms with Gasteiger partial charge in [-0.25, -0.2) is 4.98 Å². The molecule has 0 aliphatic carbocycles. The zero-order valence-electron chi connectivity index (χ0n) is 10.3. The summed E-state index contributed by atoms with van der Waals surface area (Å²) < 4.78 is 1.72. The smallest absolute Gasteiger partial charge is 0.254 e. The molecular weight excluding hydrogens is 212 g/mol. The molecule has 1 heterocycles. The first-order valence-corrected chi connectivity index (χ1v) is 5.75. The summed E-state index contributed by atoms with van der Waals surface area (Å²) in [6, 6.07) is 11.5. The van der Waals surface area contributed by atoms with Crippen molar-refractivity contribution in [3.05, 3.63) is 52.4 Å². The third-order valence-electron chi connectivity index (χ3n) is 2.63. The van der Waals surface area contributed by atoms with Crippen molar-refractivity contribution in [1.82, 2.24) is 9.55 Å². The fourth-order valence-electron chi connectivity index (χ4n) is 1.90. The van der Waals surface area contributed by atoms with E-state index < -0.39 is 0 Å². The summed E-state index contributed by atoms with van der Waals surface area (Å²) in [6.07, 6.45) is 0. The predicted molar refractivity (Wildman–Crippen MR) is 69.1 cm³/mol. The average Bonchev–Trinajstić information content (AvgIpc) is 2.28. The van der Waals surface area contributed by atoms with E-state index in [9.17, 15) is 4.79 Å². The maximum atomic E-state index is 12.0. The third-order valence-corrected chi connectivity index (χ3v) is 2.63. The fraction of sp³-hybridized carbons (Fsp3) is 0.286. The molecule has 1 aromatic heterocycles. The highest BCUT2D eigenvalue weighted by Crippen LogP contribution is 2.18. The van der Waals surface area contributed by atoms with Crippen LogP contribution in [0.25, 0.3) is 11.4 Å². The highest BCUT2D eigenvalue weighted by Gasteiger charge is 2.11. The number of benzene rings is 1. The van der Waals surface area contributed by atoms with Crippen LogP contribution in [0, 0.1) is 6.92 Å². The van der Waals surface area contributed by atoms with E-state index in [2.05, 4.69) is 4.98 Å². The molecule has 0 amide bonds. The van der Waals surface area contributed by atoms with Crippen molar-refractivity contribution in [1.29, 1.82) is 0 Å². The van der Waals surface area contributed by atoms with E-state index in [1.54, 1.807) is 10.6 Å². The van der Waals surface area contributed by atoms with Gasteiger partial charge in [0, 0.05) is 23.4 Å². The Hall–Kier alpha value is -1.90. The minimum atomic E-state index is 0.00588. The zero-order chi connectivity index (χ0) is 12.4. The molecule has 0 N–H and O–H groups in total. The lowest BCUT2D eigenvalue weighted by Crippen LogP contribution is -2.24. The van der Waals surface area contributed by atoms with E-state index in [4.69, 9.17) is 0 Å². The normalized spacial score (nSPS) is 10.8. The molecular formula is C14H16N2O. The SMILES string of the molecule is Cc1cc(=O)n(C(C)C)c(-c2ccccc2)n1. The summed E-state index contributed by atoms with van der Waals surface area (Å²) in [5, 5.41) is 0. The summed E-state index contributed by atoms with van der Waals surface area (Å²) in [4.78, 5) is 16.5. The lowest BCUT2D eigenvalue weighted by molar-refractivity contribution is 0.574. The van der Waals surface area contributed by atoms with Crippen LogP contribution in [0.1, 0.15) is 25.6 Å². The lowest BCUT2D eigenvalue weighted by atomic mass is 10.2. The molecule has 0 saturated heterocycles. The van der Waals surface area contributed by atoms with Crippen LogP contribution in [-0.4, -0.2) is 9.55 Å². The topological polar surface area (TPSA) is 34.9 Å². The summed E-state index contributed by atoms with van der Waals surface area (Å²) in [5.41, 5.74) is 1.74. The van der Waals surface area contributed by atoms with Crippen LogP contribution in [0.15, 0.2) is 41.2 Å². The molecule has 0 aliphatic rings. The van der Waals surface area contributed by atoms with Gasteiger partial charge >= 0.3 is 0 Å². The molecule has 17 heavy (non-hydrogen) atoms. The molecule has 0 saturated carbocycles. The minimum Gasteiger partial charge on any atom is -0.290 e. The van der Waals surface area contributed by atoms with Crippen LogP contribution in [0.2, 0.25) is 0 Å². The average molecular weight is 228 g/mol. The van der Waals surface area contributed by atoms with Gasteiger partial charge in [-0.15, -0.1) is 0 Å². The molecule has 0 fully saturated rings. The standard InChI is InChI=1S/C14H16N2O/c1-10(2)16-13(17)9-11(3)15-14(16)12-7-5-4-6-8-12/h4-10H,1-3H3. The molecule has 1 aromatic carbocycles. The van der Waals surface area contributed by atoms with Gasteiger partial charge in [-0.1, -0.05) is 30.3 Å². The second-order valence-corrected chi connectivity index (χ2v) is 4.39. The molecule has 0 bridgehead atoms. The summed E-state index contributed by atoms with van der Waals surface area (Å²) >= 11 is 0. The van der Waals surface area contributed by atoms with Crippen molar-refractivity contribution in [2.75, 3.05) is 0 Å². The number of aryl methyl sites for hydroxylation is 1. The van der Waals surface area contributed by atoms with E-state index in [0.29, 0.717) is 0 Å². The van der Waals surface area contributed by atoms with Gasteiger partial charge in [0.15, 0.2) is 0 Å². The Morgan fingerprint density at radius 1 is 1.18 bits per heavy atom. The molecule has 0 atom stereocenters. The van der Waals surface area contributed by atoms with E-state index in [-0.39, 0.29) is 11.6 Å². The highest BCUT2D eigenvalue weighted by molar-refractivity contribution is 5.55. The Kier molecular flexibility index (Phi) is 3.09. The summed E-state index contributed by atoms with van der Waals surface area (Å²) in [6.45, 7) is 5.83. The molecule has 0 unspecified atom stereocenters. The van der Waals surface area contributed by atoms with Gasteiger partial charge in [0.25, 0.3) is 5.56 Å². The van der Waals surface area contributed by atoms with Gasteiger partial charge in [-0.05, 0) is 20.8 Å². The summed E-state index contributed by atoms with van der Waals surface area (Å²) in [5.74, 6) is 0.741. The third kappa shape index (κ3) is 2.28. The Morgan fingerprint density at radius 3 is 2.41 bits per heavy atom. The Morgan fingerprint density at radius 2 is 1.82 bits per heavy atom. The number of hydrogen-bond donors (Lipinski definition) is 0. The van der Waals surface area contributed by atoms with E-state index in [1.807, 2.05) is 51.1 Å². The highest BCUT2D eigenvalue weighted by atomic mass is 16.1. The molecule has 88 valence electrons. The molecule has 2 aromatic rings. The van der Waals surface area contributed by atoms with E-state index in [0.717, 1.165) is 17.1 Å². The zero-order valence-corrected chi connectivity index (χ0v) is 10.3. The largest absolute Gasteiger partial charge is 0.290 e. The quantitative estimate of drug-likeness (QED) is 0.792. The maximum Gasteiger partial charge on any atom is 0.254 e. The van der Waals surface area contributed by atoms with E-state index in [1.165, 1.54) is 0 Å². The van der Waals surface area contributed by atoms with Crippen LogP contribution in [0.4, 0.5) is 0 Å². The van der Waals surface area contributed by atoms with E-state index >= 15 is 0 Å². The van der Waals surface area contributed by atoms with Gasteiger partial charge in [-0.3, -0.25) is 9.36 Å². The fourth-order valence-corrected chi connectivity index (χ4v) is 1.90. The minimum absolute atomic E-state index is 0.00588. The predicted octanol–water partition coefficient (Wildman–Crippen LogP) is 2.80. The Labute approximate surface area is 101 Å². The van der Waals surface area contributed by atoms with Gasteiger partial charge < -0.3 is 0 Å². The Balaban J connectivity index is 2.72. The van der Waals surface area contributed by atoms with Crippen molar-refractivity contribution in [2.24, 2.45) is 0 Å². The maximum absolute atomic E-state index is 12.0. The second kappa shape index (κ2) is 4.53. The Bertz CT molecular complexity index is 571. The van der Waals surface area contributed by atoms with Gasteiger partial charge in [0.05, 0.1) is 0 Å². The first-order chi connectivity index (χ1) is 8.09. The first-order valence-electron chi connectivity index (χ1n) is 5.75. The van der Waals surface area contributed by atoms with Crippen molar-refractivity contribution in [3.63, 3.8) is 0 Å². The van der Waals surface area contributed by atoms with Crippen molar-refractivity contribution >= 4 is 0 Å². The molecule has 3 nitrogen and oxygen atoms in total. The van der Waals surface area contributed by atoms with Crippen LogP contribution >= 0.6 is 0 Å². The first kappa shape index (κ1) is 11.6. The number of hydrogen-bond acceptors (Lipinski definition) is 2. The van der Waals surface area contributed by atoms with Crippen molar-refractivity contribution < 1.29 is 0 Å². The van der Waals surface area contributed by atoms with Crippen LogP contribution < -0.4 is 5.56 Å². The lowest BCUT2D eigenvalue weighted by Gasteiger charge is -2.15. The van der Waals surface area contributed by atoms with Crippen LogP contribution in [0.5, 0.6) is 0 Å². The van der Waals surface area contributed by atoms with Gasteiger partial charge in [0.2, 0.25) is 0 Å². The summed E-state index contributed by atoms with van der Waals surface area (Å²) in [7, 11) is 0.